The molecule has 18 heavy (non-hydrogen) atoms. The van der Waals surface area contributed by atoms with Gasteiger partial charge in [0.25, 0.3) is 0 Å². The van der Waals surface area contributed by atoms with Crippen molar-refractivity contribution in [2.24, 2.45) is 11.7 Å². The zero-order valence-corrected chi connectivity index (χ0v) is 10.9. The Bertz CT molecular complexity index is 412. The number of aryl methyl sites for hydroxylation is 1. The summed E-state index contributed by atoms with van der Waals surface area (Å²) in [6.07, 6.45) is 9.24. The monoisotopic (exact) mass is 246 g/mol. The fourth-order valence-corrected chi connectivity index (χ4v) is 3.02. The van der Waals surface area contributed by atoms with Crippen molar-refractivity contribution in [1.29, 1.82) is 0 Å². The van der Waals surface area contributed by atoms with Crippen LogP contribution in [0.25, 0.3) is 0 Å². The van der Waals surface area contributed by atoms with Gasteiger partial charge in [0.05, 0.1) is 0 Å². The van der Waals surface area contributed by atoms with Crippen LogP contribution >= 0.6 is 0 Å². The summed E-state index contributed by atoms with van der Waals surface area (Å²) < 4.78 is 0. The topological polar surface area (TPSA) is 55.0 Å². The summed E-state index contributed by atoms with van der Waals surface area (Å²) >= 11 is 0. The highest BCUT2D eigenvalue weighted by atomic mass is 15.2. The number of hydrogen-bond acceptors (Lipinski definition) is 4. The molecule has 0 radical (unpaired) electrons. The lowest BCUT2D eigenvalue weighted by Crippen LogP contribution is -2.32. The Labute approximate surface area is 109 Å². The molecule has 0 bridgehead atoms. The van der Waals surface area contributed by atoms with Gasteiger partial charge in [-0.15, -0.1) is 0 Å². The van der Waals surface area contributed by atoms with Gasteiger partial charge >= 0.3 is 0 Å². The Balaban J connectivity index is 1.78. The fourth-order valence-electron chi connectivity index (χ4n) is 3.02. The maximum absolute atomic E-state index is 5.76. The Hall–Kier alpha value is -1.16. The summed E-state index contributed by atoms with van der Waals surface area (Å²) in [6, 6.07) is 0. The first-order valence-electron chi connectivity index (χ1n) is 7.16. The molecule has 1 atom stereocenters. The highest BCUT2D eigenvalue weighted by molar-refractivity contribution is 5.34. The van der Waals surface area contributed by atoms with E-state index in [0.29, 0.717) is 5.92 Å². The molecule has 98 valence electrons. The maximum atomic E-state index is 5.76. The molecule has 0 spiro atoms. The van der Waals surface area contributed by atoms with E-state index in [0.717, 1.165) is 38.4 Å². The molecule has 1 aliphatic carbocycles. The van der Waals surface area contributed by atoms with Crippen LogP contribution in [0.3, 0.4) is 0 Å². The molecule has 2 heterocycles. The van der Waals surface area contributed by atoms with Crippen LogP contribution < -0.4 is 10.6 Å². The average molecular weight is 246 g/mol. The summed E-state index contributed by atoms with van der Waals surface area (Å²) in [4.78, 5) is 11.7. The van der Waals surface area contributed by atoms with Gasteiger partial charge in [0.1, 0.15) is 0 Å². The number of nitrogens with zero attached hydrogens (tertiary/aromatic N) is 3. The standard InChI is InChI=1S/C14H22N4/c15-9-11-4-5-13-12(8-11)10-16-14(17-13)18-6-2-1-3-7-18/h10-11H,1-9,15H2. The van der Waals surface area contributed by atoms with Crippen LogP contribution in [0.15, 0.2) is 6.20 Å². The molecule has 1 saturated heterocycles. The minimum atomic E-state index is 0.627. The molecular formula is C14H22N4. The first kappa shape index (κ1) is 11.9. The summed E-state index contributed by atoms with van der Waals surface area (Å²) in [5.74, 6) is 1.57. The Kier molecular flexibility index (Phi) is 3.46. The Morgan fingerprint density at radius 2 is 2.11 bits per heavy atom. The lowest BCUT2D eigenvalue weighted by molar-refractivity contribution is 0.460. The predicted octanol–water partition coefficient (Wildman–Crippen LogP) is 1.53. The maximum Gasteiger partial charge on any atom is 0.225 e. The van der Waals surface area contributed by atoms with Crippen LogP contribution in [0.4, 0.5) is 5.95 Å². The zero-order valence-electron chi connectivity index (χ0n) is 10.9. The zero-order chi connectivity index (χ0) is 12.4. The molecule has 1 aromatic heterocycles. The molecule has 4 nitrogen and oxygen atoms in total. The summed E-state index contributed by atoms with van der Waals surface area (Å²) in [5, 5.41) is 0. The van der Waals surface area contributed by atoms with Crippen LogP contribution in [0.2, 0.25) is 0 Å². The summed E-state index contributed by atoms with van der Waals surface area (Å²) in [6.45, 7) is 3.02. The van der Waals surface area contributed by atoms with E-state index in [1.165, 1.54) is 36.9 Å². The first-order chi connectivity index (χ1) is 8.86. The number of fused-ring (bicyclic) bond motifs is 1. The molecule has 3 rings (SSSR count). The summed E-state index contributed by atoms with van der Waals surface area (Å²) in [5.41, 5.74) is 8.33. The van der Waals surface area contributed by atoms with Gasteiger partial charge in [0, 0.05) is 25.0 Å². The van der Waals surface area contributed by atoms with E-state index < -0.39 is 0 Å². The lowest BCUT2D eigenvalue weighted by Gasteiger charge is -2.28. The molecule has 1 aliphatic heterocycles. The molecule has 2 aliphatic rings. The number of piperidine rings is 1. The lowest BCUT2D eigenvalue weighted by atomic mass is 9.87. The van der Waals surface area contributed by atoms with Gasteiger partial charge in [-0.3, -0.25) is 0 Å². The number of anilines is 1. The van der Waals surface area contributed by atoms with E-state index in [2.05, 4.69) is 9.88 Å². The molecule has 1 fully saturated rings. The SMILES string of the molecule is NCC1CCc2nc(N3CCCCC3)ncc2C1. The van der Waals surface area contributed by atoms with Gasteiger partial charge in [0.15, 0.2) is 0 Å². The molecule has 0 amide bonds. The third-order valence-electron chi connectivity index (χ3n) is 4.21. The normalized spacial score (nSPS) is 23.8. The van der Waals surface area contributed by atoms with Crippen molar-refractivity contribution < 1.29 is 0 Å². The van der Waals surface area contributed by atoms with Crippen molar-refractivity contribution in [3.8, 4) is 0 Å². The van der Waals surface area contributed by atoms with E-state index >= 15 is 0 Å². The van der Waals surface area contributed by atoms with E-state index in [1.54, 1.807) is 0 Å². The fraction of sp³-hybridized carbons (Fsp3) is 0.714. The minimum absolute atomic E-state index is 0.627. The van der Waals surface area contributed by atoms with E-state index in [9.17, 15) is 0 Å². The van der Waals surface area contributed by atoms with E-state index in [-0.39, 0.29) is 0 Å². The van der Waals surface area contributed by atoms with Gasteiger partial charge in [-0.1, -0.05) is 0 Å². The quantitative estimate of drug-likeness (QED) is 0.860. The molecule has 2 N–H and O–H groups in total. The van der Waals surface area contributed by atoms with Crippen molar-refractivity contribution >= 4 is 5.95 Å². The highest BCUT2D eigenvalue weighted by Crippen LogP contribution is 2.25. The second-order valence-electron chi connectivity index (χ2n) is 5.53. The van der Waals surface area contributed by atoms with Crippen LogP contribution in [-0.4, -0.2) is 29.6 Å². The minimum Gasteiger partial charge on any atom is -0.341 e. The molecule has 1 aromatic rings. The third kappa shape index (κ3) is 2.34. The number of hydrogen-bond donors (Lipinski definition) is 1. The van der Waals surface area contributed by atoms with Crippen LogP contribution in [0, 0.1) is 5.92 Å². The first-order valence-corrected chi connectivity index (χ1v) is 7.16. The second kappa shape index (κ2) is 5.22. The molecular weight excluding hydrogens is 224 g/mol. The molecule has 1 unspecified atom stereocenters. The summed E-state index contributed by atoms with van der Waals surface area (Å²) in [7, 11) is 0. The van der Waals surface area contributed by atoms with E-state index in [1.807, 2.05) is 6.20 Å². The molecule has 4 heteroatoms. The van der Waals surface area contributed by atoms with Gasteiger partial charge in [-0.05, 0) is 56.6 Å². The Morgan fingerprint density at radius 1 is 1.28 bits per heavy atom. The van der Waals surface area contributed by atoms with Crippen molar-refractivity contribution in [1.82, 2.24) is 9.97 Å². The van der Waals surface area contributed by atoms with Crippen LogP contribution in [-0.2, 0) is 12.8 Å². The van der Waals surface area contributed by atoms with E-state index in [4.69, 9.17) is 10.7 Å². The third-order valence-corrected chi connectivity index (χ3v) is 4.21. The number of nitrogens with two attached hydrogens (primary N) is 1. The van der Waals surface area contributed by atoms with Crippen molar-refractivity contribution in [2.75, 3.05) is 24.5 Å². The smallest absolute Gasteiger partial charge is 0.225 e. The highest BCUT2D eigenvalue weighted by Gasteiger charge is 2.21. The van der Waals surface area contributed by atoms with Crippen LogP contribution in [0.1, 0.15) is 36.9 Å². The van der Waals surface area contributed by atoms with Crippen molar-refractivity contribution in [3.63, 3.8) is 0 Å². The average Bonchev–Trinajstić information content (AvgIpc) is 2.47. The van der Waals surface area contributed by atoms with Gasteiger partial charge in [0.2, 0.25) is 5.95 Å². The van der Waals surface area contributed by atoms with Crippen LogP contribution in [0.5, 0.6) is 0 Å². The van der Waals surface area contributed by atoms with Crippen molar-refractivity contribution in [3.05, 3.63) is 17.5 Å². The van der Waals surface area contributed by atoms with Gasteiger partial charge in [-0.25, -0.2) is 9.97 Å². The van der Waals surface area contributed by atoms with Gasteiger partial charge < -0.3 is 10.6 Å². The second-order valence-corrected chi connectivity index (χ2v) is 5.53. The number of rotatable bonds is 2. The predicted molar refractivity (Wildman–Crippen MR) is 72.7 cm³/mol. The largest absolute Gasteiger partial charge is 0.341 e. The molecule has 0 saturated carbocycles. The van der Waals surface area contributed by atoms with Crippen molar-refractivity contribution in [2.45, 2.75) is 38.5 Å². The van der Waals surface area contributed by atoms with Gasteiger partial charge in [-0.2, -0.15) is 0 Å². The number of aromatic nitrogens is 2. The molecule has 0 aromatic carbocycles. The Morgan fingerprint density at radius 3 is 2.89 bits per heavy atom.